The predicted octanol–water partition coefficient (Wildman–Crippen LogP) is 2.72. The zero-order chi connectivity index (χ0) is 12.5. The van der Waals surface area contributed by atoms with Crippen molar-refractivity contribution in [3.05, 3.63) is 22.4 Å². The fourth-order valence-electron chi connectivity index (χ4n) is 2.03. The molecule has 17 heavy (non-hydrogen) atoms. The number of rotatable bonds is 9. The van der Waals surface area contributed by atoms with Crippen LogP contribution in [-0.2, 0) is 11.2 Å². The summed E-state index contributed by atoms with van der Waals surface area (Å²) in [5.41, 5.74) is 4.30. The summed E-state index contributed by atoms with van der Waals surface area (Å²) in [5.74, 6) is 5.65. The molecule has 1 aromatic heterocycles. The lowest BCUT2D eigenvalue weighted by molar-refractivity contribution is 0.0260. The molecular weight excluding hydrogens is 232 g/mol. The van der Waals surface area contributed by atoms with Crippen molar-refractivity contribution in [2.75, 3.05) is 6.61 Å². The first-order chi connectivity index (χ1) is 8.31. The number of nitrogens with one attached hydrogen (secondary N) is 1. The molecule has 2 unspecified atom stereocenters. The van der Waals surface area contributed by atoms with E-state index in [1.807, 2.05) is 6.92 Å². The number of aryl methyl sites for hydroxylation is 1. The number of nitrogens with two attached hydrogens (primary N) is 1. The first-order valence-electron chi connectivity index (χ1n) is 6.40. The van der Waals surface area contributed by atoms with E-state index in [1.165, 1.54) is 5.56 Å². The molecule has 1 heterocycles. The van der Waals surface area contributed by atoms with E-state index >= 15 is 0 Å². The summed E-state index contributed by atoms with van der Waals surface area (Å²) < 4.78 is 5.77. The van der Waals surface area contributed by atoms with E-state index in [0.717, 1.165) is 32.3 Å². The lowest BCUT2D eigenvalue weighted by Crippen LogP contribution is -2.45. The highest BCUT2D eigenvalue weighted by Gasteiger charge is 2.19. The normalized spacial score (nSPS) is 14.8. The minimum absolute atomic E-state index is 0.230. The molecule has 0 fully saturated rings. The SMILES string of the molecule is CCCC(OCC)C(CCc1ccsc1)NN. The molecule has 0 aliphatic heterocycles. The van der Waals surface area contributed by atoms with Gasteiger partial charge in [0.15, 0.2) is 0 Å². The van der Waals surface area contributed by atoms with Crippen LogP contribution in [0, 0.1) is 0 Å². The lowest BCUT2D eigenvalue weighted by Gasteiger charge is -2.26. The highest BCUT2D eigenvalue weighted by Crippen LogP contribution is 2.15. The second kappa shape index (κ2) is 8.64. The smallest absolute Gasteiger partial charge is 0.0741 e. The second-order valence-corrected chi connectivity index (χ2v) is 5.01. The Bertz CT molecular complexity index is 271. The summed E-state index contributed by atoms with van der Waals surface area (Å²) in [6.45, 7) is 4.97. The predicted molar refractivity (Wildman–Crippen MR) is 74.1 cm³/mol. The molecule has 0 saturated heterocycles. The maximum absolute atomic E-state index is 5.77. The number of hydrazine groups is 1. The molecule has 0 aliphatic carbocycles. The van der Waals surface area contributed by atoms with Crippen molar-refractivity contribution < 1.29 is 4.74 Å². The molecule has 0 amide bonds. The molecular formula is C13H24N2OS. The van der Waals surface area contributed by atoms with Gasteiger partial charge in [-0.1, -0.05) is 13.3 Å². The van der Waals surface area contributed by atoms with Crippen LogP contribution in [0.4, 0.5) is 0 Å². The van der Waals surface area contributed by atoms with E-state index in [9.17, 15) is 0 Å². The van der Waals surface area contributed by atoms with Crippen molar-refractivity contribution in [1.29, 1.82) is 0 Å². The third-order valence-electron chi connectivity index (χ3n) is 2.94. The van der Waals surface area contributed by atoms with E-state index in [2.05, 4.69) is 29.2 Å². The van der Waals surface area contributed by atoms with Crippen molar-refractivity contribution in [3.8, 4) is 0 Å². The number of ether oxygens (including phenoxy) is 1. The fourth-order valence-corrected chi connectivity index (χ4v) is 2.74. The van der Waals surface area contributed by atoms with Crippen molar-refractivity contribution in [1.82, 2.24) is 5.43 Å². The quantitative estimate of drug-likeness (QED) is 0.527. The van der Waals surface area contributed by atoms with Gasteiger partial charge in [0.25, 0.3) is 0 Å². The Balaban J connectivity index is 2.43. The summed E-state index contributed by atoms with van der Waals surface area (Å²) in [5, 5.41) is 4.31. The molecule has 3 nitrogen and oxygen atoms in total. The minimum atomic E-state index is 0.230. The van der Waals surface area contributed by atoms with E-state index in [-0.39, 0.29) is 12.1 Å². The van der Waals surface area contributed by atoms with Gasteiger partial charge >= 0.3 is 0 Å². The van der Waals surface area contributed by atoms with Gasteiger partial charge in [-0.05, 0) is 48.6 Å². The van der Waals surface area contributed by atoms with Crippen LogP contribution in [0.1, 0.15) is 38.7 Å². The van der Waals surface area contributed by atoms with Crippen LogP contribution < -0.4 is 11.3 Å². The van der Waals surface area contributed by atoms with Gasteiger partial charge in [-0.2, -0.15) is 11.3 Å². The Morgan fingerprint density at radius 2 is 2.24 bits per heavy atom. The molecule has 0 aromatic carbocycles. The second-order valence-electron chi connectivity index (χ2n) is 4.23. The van der Waals surface area contributed by atoms with Crippen molar-refractivity contribution >= 4 is 11.3 Å². The van der Waals surface area contributed by atoms with Gasteiger partial charge in [-0.3, -0.25) is 11.3 Å². The highest BCUT2D eigenvalue weighted by atomic mass is 32.1. The Kier molecular flexibility index (Phi) is 7.44. The Morgan fingerprint density at radius 1 is 1.41 bits per heavy atom. The molecule has 3 N–H and O–H groups in total. The van der Waals surface area contributed by atoms with Gasteiger partial charge in [-0.25, -0.2) is 0 Å². The highest BCUT2D eigenvalue weighted by molar-refractivity contribution is 7.07. The molecule has 0 radical (unpaired) electrons. The maximum atomic E-state index is 5.77. The summed E-state index contributed by atoms with van der Waals surface area (Å²) >= 11 is 1.74. The molecule has 0 spiro atoms. The standard InChI is InChI=1S/C13H24N2OS/c1-3-5-13(16-4-2)12(15-14)7-6-11-8-9-17-10-11/h8-10,12-13,15H,3-7,14H2,1-2H3. The average molecular weight is 256 g/mol. The van der Waals surface area contributed by atoms with Gasteiger partial charge in [0.1, 0.15) is 0 Å². The first-order valence-corrected chi connectivity index (χ1v) is 7.34. The van der Waals surface area contributed by atoms with Gasteiger partial charge in [-0.15, -0.1) is 0 Å². The third kappa shape index (κ3) is 5.17. The van der Waals surface area contributed by atoms with Crippen LogP contribution >= 0.6 is 11.3 Å². The molecule has 98 valence electrons. The van der Waals surface area contributed by atoms with Crippen molar-refractivity contribution in [2.24, 2.45) is 5.84 Å². The molecule has 0 saturated carbocycles. The first kappa shape index (κ1) is 14.6. The average Bonchev–Trinajstić information content (AvgIpc) is 2.83. The van der Waals surface area contributed by atoms with E-state index in [0.29, 0.717) is 0 Å². The van der Waals surface area contributed by atoms with Gasteiger partial charge in [0.05, 0.1) is 6.10 Å². The zero-order valence-corrected chi connectivity index (χ0v) is 11.6. The number of thiophene rings is 1. The largest absolute Gasteiger partial charge is 0.377 e. The van der Waals surface area contributed by atoms with E-state index in [1.54, 1.807) is 11.3 Å². The van der Waals surface area contributed by atoms with Crippen LogP contribution in [0.15, 0.2) is 16.8 Å². The number of hydrogen-bond donors (Lipinski definition) is 2. The van der Waals surface area contributed by atoms with E-state index in [4.69, 9.17) is 10.6 Å². The topological polar surface area (TPSA) is 47.3 Å². The van der Waals surface area contributed by atoms with Gasteiger partial charge in [0, 0.05) is 12.6 Å². The number of hydrogen-bond acceptors (Lipinski definition) is 4. The lowest BCUT2D eigenvalue weighted by atomic mass is 10.00. The van der Waals surface area contributed by atoms with Crippen LogP contribution in [0.5, 0.6) is 0 Å². The fraction of sp³-hybridized carbons (Fsp3) is 0.692. The minimum Gasteiger partial charge on any atom is -0.377 e. The van der Waals surface area contributed by atoms with Crippen LogP contribution in [-0.4, -0.2) is 18.8 Å². The van der Waals surface area contributed by atoms with Crippen molar-refractivity contribution in [2.45, 2.75) is 51.7 Å². The zero-order valence-electron chi connectivity index (χ0n) is 10.8. The molecule has 4 heteroatoms. The van der Waals surface area contributed by atoms with Crippen LogP contribution in [0.2, 0.25) is 0 Å². The molecule has 2 atom stereocenters. The monoisotopic (exact) mass is 256 g/mol. The third-order valence-corrected chi connectivity index (χ3v) is 3.67. The molecule has 0 aliphatic rings. The summed E-state index contributed by atoms with van der Waals surface area (Å²) in [6.07, 6.45) is 4.51. The summed E-state index contributed by atoms with van der Waals surface area (Å²) in [4.78, 5) is 0. The Morgan fingerprint density at radius 3 is 2.76 bits per heavy atom. The van der Waals surface area contributed by atoms with Crippen LogP contribution in [0.3, 0.4) is 0 Å². The van der Waals surface area contributed by atoms with Crippen molar-refractivity contribution in [3.63, 3.8) is 0 Å². The van der Waals surface area contributed by atoms with E-state index < -0.39 is 0 Å². The molecule has 1 aromatic rings. The van der Waals surface area contributed by atoms with Gasteiger partial charge < -0.3 is 4.74 Å². The van der Waals surface area contributed by atoms with Gasteiger partial charge in [0.2, 0.25) is 0 Å². The summed E-state index contributed by atoms with van der Waals surface area (Å²) in [7, 11) is 0. The molecule has 0 bridgehead atoms. The Hall–Kier alpha value is -0.420. The Labute approximate surface area is 108 Å². The molecule has 1 rings (SSSR count). The van der Waals surface area contributed by atoms with Crippen LogP contribution in [0.25, 0.3) is 0 Å². The summed E-state index contributed by atoms with van der Waals surface area (Å²) in [6, 6.07) is 2.42. The maximum Gasteiger partial charge on any atom is 0.0741 e.